The number of nitrogens with zero attached hydrogens (tertiary/aromatic N) is 4. The highest BCUT2D eigenvalue weighted by Gasteiger charge is 2.34. The van der Waals surface area contributed by atoms with Gasteiger partial charge in [-0.15, -0.1) is 0 Å². The molecule has 1 unspecified atom stereocenters. The molecule has 0 bridgehead atoms. The lowest BCUT2D eigenvalue weighted by molar-refractivity contribution is -0.201. The van der Waals surface area contributed by atoms with E-state index in [4.69, 9.17) is 9.25 Å². The second-order valence-electron chi connectivity index (χ2n) is 6.06. The normalized spacial score (nSPS) is 22.1. The second-order valence-corrected chi connectivity index (χ2v) is 6.06. The molecule has 0 radical (unpaired) electrons. The number of aromatic nitrogens is 2. The Morgan fingerprint density at radius 3 is 3.09 bits per heavy atom. The summed E-state index contributed by atoms with van der Waals surface area (Å²) in [6, 6.07) is 3.59. The molecule has 2 aromatic rings. The van der Waals surface area contributed by atoms with Crippen LogP contribution in [-0.2, 0) is 22.7 Å². The van der Waals surface area contributed by atoms with Crippen molar-refractivity contribution in [1.29, 1.82) is 0 Å². The maximum Gasteiger partial charge on any atom is 0.272 e. The van der Waals surface area contributed by atoms with E-state index in [1.54, 1.807) is 18.7 Å². The van der Waals surface area contributed by atoms with E-state index >= 15 is 0 Å². The van der Waals surface area contributed by atoms with Gasteiger partial charge in [-0.3, -0.25) is 19.2 Å². The Morgan fingerprint density at radius 2 is 2.30 bits per heavy atom. The molecule has 2 aliphatic rings. The molecule has 1 saturated heterocycles. The number of hydroxylamine groups is 2. The molecule has 4 rings (SSSR count). The number of hydrogen-bond acceptors (Lipinski definition) is 5. The lowest BCUT2D eigenvalue weighted by Crippen LogP contribution is -2.47. The highest BCUT2D eigenvalue weighted by molar-refractivity contribution is 5.80. The molecule has 23 heavy (non-hydrogen) atoms. The minimum Gasteiger partial charge on any atom is -0.472 e. The van der Waals surface area contributed by atoms with Gasteiger partial charge in [0.15, 0.2) is 0 Å². The number of rotatable bonds is 3. The molecule has 1 atom stereocenters. The van der Waals surface area contributed by atoms with E-state index in [-0.39, 0.29) is 11.9 Å². The van der Waals surface area contributed by atoms with Crippen LogP contribution in [0, 0.1) is 0 Å². The first kappa shape index (κ1) is 14.5. The van der Waals surface area contributed by atoms with E-state index in [9.17, 15) is 4.79 Å². The van der Waals surface area contributed by atoms with Crippen LogP contribution in [0.3, 0.4) is 0 Å². The summed E-state index contributed by atoms with van der Waals surface area (Å²) < 4.78 is 6.98. The Bertz CT molecular complexity index is 661. The zero-order valence-corrected chi connectivity index (χ0v) is 12.9. The molecule has 0 saturated carbocycles. The fourth-order valence-corrected chi connectivity index (χ4v) is 3.24. The third kappa shape index (κ3) is 2.89. The molecule has 1 amide bonds. The van der Waals surface area contributed by atoms with Crippen molar-refractivity contribution in [3.8, 4) is 0 Å². The van der Waals surface area contributed by atoms with Crippen molar-refractivity contribution in [1.82, 2.24) is 19.7 Å². The molecular weight excluding hydrogens is 296 g/mol. The van der Waals surface area contributed by atoms with Gasteiger partial charge >= 0.3 is 0 Å². The van der Waals surface area contributed by atoms with Gasteiger partial charge in [-0.2, -0.15) is 5.10 Å². The quantitative estimate of drug-likeness (QED) is 0.860. The smallest absolute Gasteiger partial charge is 0.272 e. The van der Waals surface area contributed by atoms with Crippen LogP contribution >= 0.6 is 0 Å². The monoisotopic (exact) mass is 316 g/mol. The summed E-state index contributed by atoms with van der Waals surface area (Å²) >= 11 is 0. The molecule has 4 heterocycles. The fraction of sp³-hybridized carbons (Fsp3) is 0.500. The van der Waals surface area contributed by atoms with Crippen LogP contribution in [0.1, 0.15) is 30.1 Å². The van der Waals surface area contributed by atoms with E-state index in [0.29, 0.717) is 19.7 Å². The Kier molecular flexibility index (Phi) is 3.88. The Morgan fingerprint density at radius 1 is 1.35 bits per heavy atom. The SMILES string of the molecule is O=C(C1CN(Cc2ccoc2)Cc2ccnn21)N1CCCCO1. The summed E-state index contributed by atoms with van der Waals surface area (Å²) in [4.78, 5) is 20.6. The van der Waals surface area contributed by atoms with E-state index in [1.165, 1.54) is 5.06 Å². The highest BCUT2D eigenvalue weighted by Crippen LogP contribution is 2.24. The third-order valence-corrected chi connectivity index (χ3v) is 4.38. The third-order valence-electron chi connectivity index (χ3n) is 4.38. The van der Waals surface area contributed by atoms with Crippen LogP contribution in [-0.4, -0.2) is 45.3 Å². The van der Waals surface area contributed by atoms with E-state index in [0.717, 1.165) is 37.2 Å². The Hall–Kier alpha value is -2.12. The lowest BCUT2D eigenvalue weighted by atomic mass is 10.1. The lowest BCUT2D eigenvalue weighted by Gasteiger charge is -2.36. The number of amides is 1. The van der Waals surface area contributed by atoms with Gasteiger partial charge in [-0.25, -0.2) is 5.06 Å². The molecule has 2 aliphatic heterocycles. The van der Waals surface area contributed by atoms with Crippen LogP contribution in [0.5, 0.6) is 0 Å². The van der Waals surface area contributed by atoms with Crippen LogP contribution in [0.4, 0.5) is 0 Å². The van der Waals surface area contributed by atoms with Gasteiger partial charge in [0, 0.05) is 37.9 Å². The highest BCUT2D eigenvalue weighted by atomic mass is 16.7. The van der Waals surface area contributed by atoms with Gasteiger partial charge in [-0.1, -0.05) is 0 Å². The van der Waals surface area contributed by atoms with Crippen LogP contribution in [0.15, 0.2) is 35.3 Å². The van der Waals surface area contributed by atoms with Crippen LogP contribution < -0.4 is 0 Å². The van der Waals surface area contributed by atoms with E-state index in [1.807, 2.05) is 16.8 Å². The maximum absolute atomic E-state index is 12.9. The number of hydrogen-bond donors (Lipinski definition) is 0. The predicted octanol–water partition coefficient (Wildman–Crippen LogP) is 1.59. The Labute approximate surface area is 134 Å². The number of carbonyl (C=O) groups is 1. The minimum atomic E-state index is -0.334. The van der Waals surface area contributed by atoms with Crippen molar-refractivity contribution >= 4 is 5.91 Å². The molecule has 0 aromatic carbocycles. The topological polar surface area (TPSA) is 63.7 Å². The average molecular weight is 316 g/mol. The molecule has 122 valence electrons. The molecule has 0 N–H and O–H groups in total. The summed E-state index contributed by atoms with van der Waals surface area (Å²) in [6.07, 6.45) is 7.18. The molecule has 7 heteroatoms. The Balaban J connectivity index is 1.54. The fourth-order valence-electron chi connectivity index (χ4n) is 3.24. The maximum atomic E-state index is 12.9. The average Bonchev–Trinajstić information content (AvgIpc) is 3.26. The summed E-state index contributed by atoms with van der Waals surface area (Å²) in [5, 5.41) is 5.87. The number of furan rings is 1. The summed E-state index contributed by atoms with van der Waals surface area (Å²) in [6.45, 7) is 3.43. The van der Waals surface area contributed by atoms with Crippen molar-refractivity contribution < 1.29 is 14.0 Å². The zero-order chi connectivity index (χ0) is 15.6. The van der Waals surface area contributed by atoms with Gasteiger partial charge in [0.2, 0.25) is 0 Å². The molecular formula is C16H20N4O3. The summed E-state index contributed by atoms with van der Waals surface area (Å²) in [5.41, 5.74) is 2.16. The van der Waals surface area contributed by atoms with Crippen LogP contribution in [0.25, 0.3) is 0 Å². The van der Waals surface area contributed by atoms with Crippen molar-refractivity contribution in [3.05, 3.63) is 42.1 Å². The molecule has 0 spiro atoms. The zero-order valence-electron chi connectivity index (χ0n) is 12.9. The number of fused-ring (bicyclic) bond motifs is 1. The standard InChI is InChI=1S/C16H20N4O3/c21-16(19-6-1-2-7-23-19)15-11-18(9-13-4-8-22-12-13)10-14-3-5-17-20(14)15/h3-5,8,12,15H,1-2,6-7,9-11H2. The van der Waals surface area contributed by atoms with E-state index < -0.39 is 0 Å². The van der Waals surface area contributed by atoms with Crippen molar-refractivity contribution in [3.63, 3.8) is 0 Å². The number of carbonyl (C=O) groups excluding carboxylic acids is 1. The first-order valence-electron chi connectivity index (χ1n) is 8.01. The van der Waals surface area contributed by atoms with Gasteiger partial charge < -0.3 is 4.42 Å². The van der Waals surface area contributed by atoms with Crippen molar-refractivity contribution in [2.75, 3.05) is 19.7 Å². The first-order valence-corrected chi connectivity index (χ1v) is 8.01. The molecule has 7 nitrogen and oxygen atoms in total. The summed E-state index contributed by atoms with van der Waals surface area (Å²) in [7, 11) is 0. The van der Waals surface area contributed by atoms with Gasteiger partial charge in [0.1, 0.15) is 6.04 Å². The van der Waals surface area contributed by atoms with Gasteiger partial charge in [-0.05, 0) is 25.0 Å². The second kappa shape index (κ2) is 6.17. The van der Waals surface area contributed by atoms with Crippen molar-refractivity contribution in [2.24, 2.45) is 0 Å². The largest absolute Gasteiger partial charge is 0.472 e. The summed E-state index contributed by atoms with van der Waals surface area (Å²) in [5.74, 6) is -0.00783. The van der Waals surface area contributed by atoms with Gasteiger partial charge in [0.05, 0.1) is 24.8 Å². The van der Waals surface area contributed by atoms with Crippen molar-refractivity contribution in [2.45, 2.75) is 32.0 Å². The molecule has 2 aromatic heterocycles. The predicted molar refractivity (Wildman–Crippen MR) is 81.0 cm³/mol. The molecule has 1 fully saturated rings. The van der Waals surface area contributed by atoms with Crippen LogP contribution in [0.2, 0.25) is 0 Å². The molecule has 0 aliphatic carbocycles. The van der Waals surface area contributed by atoms with Gasteiger partial charge in [0.25, 0.3) is 5.91 Å². The minimum absolute atomic E-state index is 0.00783. The first-order chi connectivity index (χ1) is 11.3. The van der Waals surface area contributed by atoms with E-state index in [2.05, 4.69) is 10.00 Å².